The smallest absolute Gasteiger partial charge is 0.123 e. The Morgan fingerprint density at radius 1 is 1.12 bits per heavy atom. The van der Waals surface area contributed by atoms with E-state index in [0.29, 0.717) is 5.56 Å². The molecule has 0 bridgehead atoms. The molecule has 0 spiro atoms. The van der Waals surface area contributed by atoms with Gasteiger partial charge >= 0.3 is 0 Å². The molecule has 0 atom stereocenters. The molecule has 0 radical (unpaired) electrons. The summed E-state index contributed by atoms with van der Waals surface area (Å²) in [5, 5.41) is 15.1. The molecule has 2 rings (SSSR count). The van der Waals surface area contributed by atoms with Gasteiger partial charge in [0.15, 0.2) is 0 Å². The van der Waals surface area contributed by atoms with E-state index in [1.165, 1.54) is 12.1 Å². The highest BCUT2D eigenvalue weighted by Gasteiger charge is 2.06. The fourth-order valence-corrected chi connectivity index (χ4v) is 2.02. The van der Waals surface area contributed by atoms with E-state index in [1.807, 2.05) is 38.1 Å². The summed E-state index contributed by atoms with van der Waals surface area (Å²) in [4.78, 5) is 0. The first-order chi connectivity index (χ1) is 11.5. The Bertz CT molecular complexity index is 809. The third-order valence-corrected chi connectivity index (χ3v) is 3.25. The van der Waals surface area contributed by atoms with E-state index in [-0.39, 0.29) is 5.82 Å². The fourth-order valence-electron chi connectivity index (χ4n) is 2.02. The number of hydrazone groups is 1. The molecule has 0 unspecified atom stereocenters. The van der Waals surface area contributed by atoms with E-state index in [4.69, 9.17) is 5.26 Å². The van der Waals surface area contributed by atoms with Crippen LogP contribution in [0.5, 0.6) is 0 Å². The zero-order valence-corrected chi connectivity index (χ0v) is 13.7. The average Bonchev–Trinajstić information content (AvgIpc) is 2.59. The Balaban J connectivity index is 2.21. The van der Waals surface area contributed by atoms with Crippen LogP contribution in [0.25, 0.3) is 6.08 Å². The lowest BCUT2D eigenvalue weighted by Crippen LogP contribution is -2.14. The molecule has 0 aliphatic heterocycles. The number of rotatable bonds is 5. The van der Waals surface area contributed by atoms with Gasteiger partial charge in [-0.2, -0.15) is 10.4 Å². The van der Waals surface area contributed by atoms with E-state index >= 15 is 0 Å². The van der Waals surface area contributed by atoms with Crippen molar-refractivity contribution in [3.05, 3.63) is 83.8 Å². The number of nitrogens with zero attached hydrogens (tertiary/aromatic N) is 3. The lowest BCUT2D eigenvalue weighted by molar-refractivity contribution is 0.628. The van der Waals surface area contributed by atoms with Crippen LogP contribution in [-0.4, -0.2) is 5.71 Å². The van der Waals surface area contributed by atoms with Crippen LogP contribution in [0.2, 0.25) is 0 Å². The number of allylic oxidation sites excluding steroid dienone is 2. The van der Waals surface area contributed by atoms with Gasteiger partial charge in [-0.05, 0) is 61.9 Å². The predicted molar refractivity (Wildman–Crippen MR) is 97.0 cm³/mol. The van der Waals surface area contributed by atoms with Gasteiger partial charge in [-0.25, -0.2) is 9.40 Å². The maximum atomic E-state index is 12.9. The summed E-state index contributed by atoms with van der Waals surface area (Å²) in [6.07, 6.45) is 3.72. The second-order valence-electron chi connectivity index (χ2n) is 5.33. The van der Waals surface area contributed by atoms with Gasteiger partial charge in [0.1, 0.15) is 5.82 Å². The summed E-state index contributed by atoms with van der Waals surface area (Å²) in [7, 11) is 0. The van der Waals surface area contributed by atoms with Crippen LogP contribution in [-0.2, 0) is 0 Å². The molecule has 0 aliphatic rings. The quantitative estimate of drug-likeness (QED) is 0.566. The molecule has 2 aromatic carbocycles. The Morgan fingerprint density at radius 2 is 1.75 bits per heavy atom. The molecular formula is C20H18FN3. The highest BCUT2D eigenvalue weighted by molar-refractivity contribution is 5.97. The fraction of sp³-hybridized carbons (Fsp3) is 0.100. The lowest BCUT2D eigenvalue weighted by atomic mass is 10.2. The van der Waals surface area contributed by atoms with Crippen LogP contribution in [0.3, 0.4) is 0 Å². The second kappa shape index (κ2) is 7.89. The number of hydrogen-bond donors (Lipinski definition) is 0. The standard InChI is InChI=1S/C20H18FN3/c1-15(2)24(20-12-8-18(14-22)9-13-20)23-16(3)4-5-17-6-10-19(21)11-7-17/h4-13H,1H2,2-3H3/b5-4+,23-16-. The van der Waals surface area contributed by atoms with Gasteiger partial charge in [0.25, 0.3) is 0 Å². The molecule has 3 nitrogen and oxygen atoms in total. The van der Waals surface area contributed by atoms with Gasteiger partial charge in [0.2, 0.25) is 0 Å². The largest absolute Gasteiger partial charge is 0.239 e. The molecule has 2 aromatic rings. The van der Waals surface area contributed by atoms with Crippen LogP contribution < -0.4 is 5.01 Å². The third kappa shape index (κ3) is 4.65. The monoisotopic (exact) mass is 319 g/mol. The van der Waals surface area contributed by atoms with Gasteiger partial charge in [-0.1, -0.05) is 24.8 Å². The lowest BCUT2D eigenvalue weighted by Gasteiger charge is -2.19. The van der Waals surface area contributed by atoms with Crippen molar-refractivity contribution in [3.63, 3.8) is 0 Å². The summed E-state index contributed by atoms with van der Waals surface area (Å²) >= 11 is 0. The SMILES string of the molecule is C=C(C)N(/N=C(C)\C=C\c1ccc(F)cc1)c1ccc(C#N)cc1. The predicted octanol–water partition coefficient (Wildman–Crippen LogP) is 5.13. The third-order valence-electron chi connectivity index (χ3n) is 3.25. The van der Waals surface area contributed by atoms with E-state index < -0.39 is 0 Å². The molecule has 0 fully saturated rings. The molecule has 0 aliphatic carbocycles. The zero-order chi connectivity index (χ0) is 17.5. The second-order valence-corrected chi connectivity index (χ2v) is 5.33. The molecule has 0 N–H and O–H groups in total. The zero-order valence-electron chi connectivity index (χ0n) is 13.7. The summed E-state index contributed by atoms with van der Waals surface area (Å²) in [6, 6.07) is 15.5. The Labute approximate surface area is 141 Å². The van der Waals surface area contributed by atoms with Crippen LogP contribution in [0.1, 0.15) is 25.0 Å². The first-order valence-corrected chi connectivity index (χ1v) is 7.44. The summed E-state index contributed by atoms with van der Waals surface area (Å²) < 4.78 is 12.9. The number of nitriles is 1. The Hall–Kier alpha value is -3.19. The molecule has 4 heteroatoms. The molecular weight excluding hydrogens is 301 g/mol. The highest BCUT2D eigenvalue weighted by atomic mass is 19.1. The number of benzene rings is 2. The normalized spacial score (nSPS) is 11.3. The average molecular weight is 319 g/mol. The van der Waals surface area contributed by atoms with Crippen molar-refractivity contribution < 1.29 is 4.39 Å². The van der Waals surface area contributed by atoms with Crippen LogP contribution in [0, 0.1) is 17.1 Å². The Kier molecular flexibility index (Phi) is 5.64. The number of hydrogen-bond acceptors (Lipinski definition) is 3. The Morgan fingerprint density at radius 3 is 2.29 bits per heavy atom. The van der Waals surface area contributed by atoms with Crippen molar-refractivity contribution in [1.82, 2.24) is 0 Å². The van der Waals surface area contributed by atoms with E-state index in [2.05, 4.69) is 17.7 Å². The number of anilines is 1. The molecule has 120 valence electrons. The topological polar surface area (TPSA) is 39.4 Å². The van der Waals surface area contributed by atoms with Crippen molar-refractivity contribution >= 4 is 17.5 Å². The molecule has 0 saturated carbocycles. The van der Waals surface area contributed by atoms with E-state index in [0.717, 1.165) is 22.7 Å². The van der Waals surface area contributed by atoms with Gasteiger partial charge < -0.3 is 0 Å². The van der Waals surface area contributed by atoms with E-state index in [1.54, 1.807) is 29.3 Å². The minimum Gasteiger partial charge on any atom is -0.239 e. The molecule has 0 amide bonds. The molecule has 0 saturated heterocycles. The van der Waals surface area contributed by atoms with Crippen molar-refractivity contribution in [2.45, 2.75) is 13.8 Å². The van der Waals surface area contributed by atoms with Crippen molar-refractivity contribution in [2.24, 2.45) is 5.10 Å². The summed E-state index contributed by atoms with van der Waals surface area (Å²) in [5.41, 5.74) is 3.85. The van der Waals surface area contributed by atoms with Gasteiger partial charge in [-0.3, -0.25) is 0 Å². The summed E-state index contributed by atoms with van der Waals surface area (Å²) in [5.74, 6) is -0.258. The molecule has 0 aromatic heterocycles. The van der Waals surface area contributed by atoms with E-state index in [9.17, 15) is 4.39 Å². The molecule has 0 heterocycles. The highest BCUT2D eigenvalue weighted by Crippen LogP contribution is 2.19. The van der Waals surface area contributed by atoms with Crippen LogP contribution in [0.15, 0.2) is 72.0 Å². The van der Waals surface area contributed by atoms with Gasteiger partial charge in [-0.15, -0.1) is 0 Å². The minimum atomic E-state index is -0.258. The van der Waals surface area contributed by atoms with Gasteiger partial charge in [0, 0.05) is 5.70 Å². The first-order valence-electron chi connectivity index (χ1n) is 7.44. The summed E-state index contributed by atoms with van der Waals surface area (Å²) in [6.45, 7) is 7.68. The van der Waals surface area contributed by atoms with Crippen molar-refractivity contribution in [2.75, 3.05) is 5.01 Å². The minimum absolute atomic E-state index is 0.258. The van der Waals surface area contributed by atoms with Crippen molar-refractivity contribution in [3.8, 4) is 6.07 Å². The maximum absolute atomic E-state index is 12.9. The van der Waals surface area contributed by atoms with Gasteiger partial charge in [0.05, 0.1) is 23.0 Å². The number of halogens is 1. The van der Waals surface area contributed by atoms with Crippen molar-refractivity contribution in [1.29, 1.82) is 5.26 Å². The molecule has 24 heavy (non-hydrogen) atoms. The first kappa shape index (κ1) is 17.2. The van der Waals surface area contributed by atoms with Crippen LogP contribution >= 0.6 is 0 Å². The van der Waals surface area contributed by atoms with Crippen LogP contribution in [0.4, 0.5) is 10.1 Å². The maximum Gasteiger partial charge on any atom is 0.123 e.